The minimum atomic E-state index is 0.547. The summed E-state index contributed by atoms with van der Waals surface area (Å²) in [6, 6.07) is 15.3. The van der Waals surface area contributed by atoms with E-state index in [2.05, 4.69) is 43.3 Å². The number of halogens is 1. The molecular weight excluding hydrogens is 240 g/mol. The van der Waals surface area contributed by atoms with E-state index in [1.807, 2.05) is 6.07 Å². The number of aryl methyl sites for hydroxylation is 2. The fourth-order valence-electron chi connectivity index (χ4n) is 2.98. The van der Waals surface area contributed by atoms with Crippen molar-refractivity contribution in [1.29, 1.82) is 0 Å². The Morgan fingerprint density at radius 2 is 1.94 bits per heavy atom. The number of benzene rings is 2. The van der Waals surface area contributed by atoms with E-state index in [1.165, 1.54) is 41.5 Å². The van der Waals surface area contributed by atoms with Crippen molar-refractivity contribution in [3.05, 3.63) is 69.7 Å². The summed E-state index contributed by atoms with van der Waals surface area (Å²) in [6.45, 7) is 2.08. The first-order valence-corrected chi connectivity index (χ1v) is 6.97. The van der Waals surface area contributed by atoms with Crippen LogP contribution in [0.5, 0.6) is 0 Å². The third kappa shape index (κ3) is 2.06. The highest BCUT2D eigenvalue weighted by atomic mass is 35.5. The predicted octanol–water partition coefficient (Wildman–Crippen LogP) is 5.12. The monoisotopic (exact) mass is 256 g/mol. The van der Waals surface area contributed by atoms with Gasteiger partial charge in [0.2, 0.25) is 0 Å². The zero-order valence-electron chi connectivity index (χ0n) is 10.6. The first kappa shape index (κ1) is 11.8. The van der Waals surface area contributed by atoms with E-state index in [9.17, 15) is 0 Å². The van der Waals surface area contributed by atoms with E-state index in [4.69, 9.17) is 11.6 Å². The lowest BCUT2D eigenvalue weighted by Crippen LogP contribution is -2.10. The minimum Gasteiger partial charge on any atom is -0.0841 e. The van der Waals surface area contributed by atoms with E-state index in [-0.39, 0.29) is 0 Å². The molecule has 0 aromatic heterocycles. The SMILES string of the molecule is Cc1cc([C@@H]2CCCc3ccccc32)ccc1Cl. The number of hydrogen-bond donors (Lipinski definition) is 0. The van der Waals surface area contributed by atoms with Crippen molar-refractivity contribution in [1.82, 2.24) is 0 Å². The molecule has 0 radical (unpaired) electrons. The molecule has 1 aliphatic carbocycles. The second kappa shape index (κ2) is 4.78. The highest BCUT2D eigenvalue weighted by molar-refractivity contribution is 6.31. The summed E-state index contributed by atoms with van der Waals surface area (Å²) >= 11 is 6.12. The maximum absolute atomic E-state index is 6.12. The molecule has 1 aliphatic rings. The Kier molecular flexibility index (Phi) is 3.13. The molecule has 0 heterocycles. The molecule has 3 rings (SSSR count). The summed E-state index contributed by atoms with van der Waals surface area (Å²) in [7, 11) is 0. The van der Waals surface area contributed by atoms with Gasteiger partial charge in [0.1, 0.15) is 0 Å². The summed E-state index contributed by atoms with van der Waals surface area (Å²) < 4.78 is 0. The molecule has 18 heavy (non-hydrogen) atoms. The molecule has 0 saturated carbocycles. The van der Waals surface area contributed by atoms with Crippen LogP contribution in [0, 0.1) is 6.92 Å². The molecule has 92 valence electrons. The lowest BCUT2D eigenvalue weighted by Gasteiger charge is -2.26. The van der Waals surface area contributed by atoms with E-state index in [0.29, 0.717) is 5.92 Å². The van der Waals surface area contributed by atoms with Crippen LogP contribution in [0.25, 0.3) is 0 Å². The first-order chi connectivity index (χ1) is 8.75. The van der Waals surface area contributed by atoms with Crippen LogP contribution in [0.4, 0.5) is 0 Å². The van der Waals surface area contributed by atoms with Gasteiger partial charge < -0.3 is 0 Å². The van der Waals surface area contributed by atoms with Crippen molar-refractivity contribution >= 4 is 11.6 Å². The summed E-state index contributed by atoms with van der Waals surface area (Å²) in [5.41, 5.74) is 5.60. The van der Waals surface area contributed by atoms with Crippen molar-refractivity contribution in [2.75, 3.05) is 0 Å². The molecule has 0 amide bonds. The standard InChI is InChI=1S/C17H17Cl/c1-12-11-14(9-10-17(12)18)16-8-4-6-13-5-2-3-7-15(13)16/h2-3,5,7,9-11,16H,4,6,8H2,1H3/t16-/m0/s1. The molecule has 0 unspecified atom stereocenters. The minimum absolute atomic E-state index is 0.547. The molecule has 0 nitrogen and oxygen atoms in total. The van der Waals surface area contributed by atoms with Crippen LogP contribution in [0.2, 0.25) is 5.02 Å². The molecule has 0 saturated heterocycles. The van der Waals surface area contributed by atoms with E-state index >= 15 is 0 Å². The lowest BCUT2D eigenvalue weighted by molar-refractivity contribution is 0.615. The van der Waals surface area contributed by atoms with Gasteiger partial charge >= 0.3 is 0 Å². The Morgan fingerprint density at radius 1 is 1.11 bits per heavy atom. The van der Waals surface area contributed by atoms with Crippen LogP contribution in [-0.2, 0) is 6.42 Å². The maximum Gasteiger partial charge on any atom is 0.0435 e. The van der Waals surface area contributed by atoms with E-state index in [0.717, 1.165) is 5.02 Å². The molecule has 0 bridgehead atoms. The van der Waals surface area contributed by atoms with Gasteiger partial charge in [0, 0.05) is 10.9 Å². The van der Waals surface area contributed by atoms with Gasteiger partial charge in [-0.05, 0) is 54.5 Å². The maximum atomic E-state index is 6.12. The number of fused-ring (bicyclic) bond motifs is 1. The topological polar surface area (TPSA) is 0 Å². The van der Waals surface area contributed by atoms with Gasteiger partial charge in [0.15, 0.2) is 0 Å². The van der Waals surface area contributed by atoms with Crippen LogP contribution in [0.1, 0.15) is 41.0 Å². The highest BCUT2D eigenvalue weighted by Gasteiger charge is 2.21. The van der Waals surface area contributed by atoms with Gasteiger partial charge in [0.25, 0.3) is 0 Å². The Bertz CT molecular complexity index is 572. The normalized spacial score (nSPS) is 18.4. The largest absolute Gasteiger partial charge is 0.0841 e. The summed E-state index contributed by atoms with van der Waals surface area (Å²) in [5, 5.41) is 0.864. The zero-order chi connectivity index (χ0) is 12.5. The third-order valence-electron chi connectivity index (χ3n) is 3.95. The Labute approximate surface area is 114 Å². The summed E-state index contributed by atoms with van der Waals surface area (Å²) in [6.07, 6.45) is 3.75. The number of rotatable bonds is 1. The molecule has 2 aromatic rings. The summed E-state index contributed by atoms with van der Waals surface area (Å²) in [5.74, 6) is 0.547. The van der Waals surface area contributed by atoms with Gasteiger partial charge in [-0.25, -0.2) is 0 Å². The molecule has 0 aliphatic heterocycles. The van der Waals surface area contributed by atoms with Crippen molar-refractivity contribution < 1.29 is 0 Å². The Morgan fingerprint density at radius 3 is 2.78 bits per heavy atom. The van der Waals surface area contributed by atoms with Crippen LogP contribution in [-0.4, -0.2) is 0 Å². The first-order valence-electron chi connectivity index (χ1n) is 6.59. The van der Waals surface area contributed by atoms with Crippen molar-refractivity contribution in [3.8, 4) is 0 Å². The van der Waals surface area contributed by atoms with Gasteiger partial charge in [0.05, 0.1) is 0 Å². The number of hydrogen-bond acceptors (Lipinski definition) is 0. The van der Waals surface area contributed by atoms with Gasteiger partial charge in [-0.1, -0.05) is 48.0 Å². The molecule has 0 fully saturated rings. The lowest BCUT2D eigenvalue weighted by atomic mass is 9.79. The van der Waals surface area contributed by atoms with E-state index in [1.54, 1.807) is 0 Å². The van der Waals surface area contributed by atoms with E-state index < -0.39 is 0 Å². The quantitative estimate of drug-likeness (QED) is 0.665. The fourth-order valence-corrected chi connectivity index (χ4v) is 3.10. The second-order valence-electron chi connectivity index (χ2n) is 5.15. The third-order valence-corrected chi connectivity index (χ3v) is 4.38. The van der Waals surface area contributed by atoms with Crippen molar-refractivity contribution in [3.63, 3.8) is 0 Å². The van der Waals surface area contributed by atoms with Crippen LogP contribution in [0.3, 0.4) is 0 Å². The Balaban J connectivity index is 2.05. The predicted molar refractivity (Wildman–Crippen MR) is 77.4 cm³/mol. The van der Waals surface area contributed by atoms with Crippen LogP contribution >= 0.6 is 11.6 Å². The zero-order valence-corrected chi connectivity index (χ0v) is 11.4. The van der Waals surface area contributed by atoms with Crippen molar-refractivity contribution in [2.24, 2.45) is 0 Å². The summed E-state index contributed by atoms with van der Waals surface area (Å²) in [4.78, 5) is 0. The molecule has 0 spiro atoms. The molecular formula is C17H17Cl. The highest BCUT2D eigenvalue weighted by Crippen LogP contribution is 2.37. The smallest absolute Gasteiger partial charge is 0.0435 e. The molecule has 1 atom stereocenters. The van der Waals surface area contributed by atoms with Crippen molar-refractivity contribution in [2.45, 2.75) is 32.1 Å². The molecule has 1 heteroatoms. The second-order valence-corrected chi connectivity index (χ2v) is 5.56. The molecule has 2 aromatic carbocycles. The Hall–Kier alpha value is -1.27. The van der Waals surface area contributed by atoms with Crippen LogP contribution < -0.4 is 0 Å². The average Bonchev–Trinajstić information content (AvgIpc) is 2.41. The van der Waals surface area contributed by atoms with Crippen LogP contribution in [0.15, 0.2) is 42.5 Å². The van der Waals surface area contributed by atoms with Gasteiger partial charge in [-0.3, -0.25) is 0 Å². The molecule has 0 N–H and O–H groups in total. The fraction of sp³-hybridized carbons (Fsp3) is 0.294. The van der Waals surface area contributed by atoms with Gasteiger partial charge in [-0.2, -0.15) is 0 Å². The van der Waals surface area contributed by atoms with Gasteiger partial charge in [-0.15, -0.1) is 0 Å². The average molecular weight is 257 g/mol.